The summed E-state index contributed by atoms with van der Waals surface area (Å²) in [6.07, 6.45) is 3.65. The number of nitro groups is 1. The highest BCUT2D eigenvalue weighted by Gasteiger charge is 2.19. The minimum atomic E-state index is -0.446. The summed E-state index contributed by atoms with van der Waals surface area (Å²) in [7, 11) is 0. The molecule has 120 valence electrons. The van der Waals surface area contributed by atoms with Crippen LogP contribution in [0.15, 0.2) is 24.3 Å². The van der Waals surface area contributed by atoms with E-state index in [1.807, 2.05) is 0 Å². The number of hydrogen-bond donors (Lipinski definition) is 1. The van der Waals surface area contributed by atoms with Gasteiger partial charge in [-0.3, -0.25) is 14.9 Å². The third-order valence-electron chi connectivity index (χ3n) is 3.98. The Balaban J connectivity index is 1.70. The zero-order valence-electron chi connectivity index (χ0n) is 12.8. The van der Waals surface area contributed by atoms with E-state index in [-0.39, 0.29) is 18.0 Å². The Morgan fingerprint density at radius 3 is 2.77 bits per heavy atom. The van der Waals surface area contributed by atoms with E-state index in [0.717, 1.165) is 31.4 Å². The van der Waals surface area contributed by atoms with Crippen molar-refractivity contribution in [3.63, 3.8) is 0 Å². The van der Waals surface area contributed by atoms with Gasteiger partial charge in [0.05, 0.1) is 17.4 Å². The van der Waals surface area contributed by atoms with Crippen LogP contribution in [0.2, 0.25) is 0 Å². The summed E-state index contributed by atoms with van der Waals surface area (Å²) < 4.78 is 5.51. The van der Waals surface area contributed by atoms with Crippen LogP contribution in [0.3, 0.4) is 0 Å². The number of nitrogens with one attached hydrogen (secondary N) is 1. The number of carbonyl (C=O) groups is 1. The van der Waals surface area contributed by atoms with Crippen molar-refractivity contribution >= 4 is 11.6 Å². The van der Waals surface area contributed by atoms with Crippen molar-refractivity contribution in [2.24, 2.45) is 5.92 Å². The maximum Gasteiger partial charge on any atom is 0.269 e. The third kappa shape index (κ3) is 5.11. The smallest absolute Gasteiger partial charge is 0.269 e. The molecule has 1 fully saturated rings. The summed E-state index contributed by atoms with van der Waals surface area (Å²) in [5.74, 6) is 0.567. The van der Waals surface area contributed by atoms with Gasteiger partial charge in [0.1, 0.15) is 0 Å². The van der Waals surface area contributed by atoms with Gasteiger partial charge < -0.3 is 10.1 Å². The monoisotopic (exact) mass is 306 g/mol. The lowest BCUT2D eigenvalue weighted by Gasteiger charge is -2.27. The van der Waals surface area contributed by atoms with E-state index < -0.39 is 4.92 Å². The molecule has 6 heteroatoms. The van der Waals surface area contributed by atoms with Crippen molar-refractivity contribution in [3.8, 4) is 0 Å². The van der Waals surface area contributed by atoms with E-state index in [0.29, 0.717) is 18.6 Å². The van der Waals surface area contributed by atoms with Crippen LogP contribution in [0.25, 0.3) is 0 Å². The fourth-order valence-electron chi connectivity index (χ4n) is 2.75. The van der Waals surface area contributed by atoms with Crippen LogP contribution in [-0.2, 0) is 16.0 Å². The average molecular weight is 306 g/mol. The molecule has 1 aliphatic rings. The zero-order valence-corrected chi connectivity index (χ0v) is 12.8. The quantitative estimate of drug-likeness (QED) is 0.646. The summed E-state index contributed by atoms with van der Waals surface area (Å²) in [6, 6.07) is 6.09. The normalized spacial score (nSPS) is 21.3. The molecule has 1 heterocycles. The van der Waals surface area contributed by atoms with E-state index in [1.54, 1.807) is 12.1 Å². The minimum Gasteiger partial charge on any atom is -0.378 e. The Morgan fingerprint density at radius 2 is 2.14 bits per heavy atom. The van der Waals surface area contributed by atoms with E-state index >= 15 is 0 Å². The minimum absolute atomic E-state index is 0.0396. The van der Waals surface area contributed by atoms with Gasteiger partial charge in [0.15, 0.2) is 0 Å². The summed E-state index contributed by atoms with van der Waals surface area (Å²) in [5.41, 5.74) is 0.820. The number of hydrogen-bond acceptors (Lipinski definition) is 4. The standard InChI is InChI=1S/C16H22N2O4/c1-12-10-14(7-9-22-12)6-8-17-16(19)11-13-2-4-15(5-3-13)18(20)21/h2-5,12,14H,6-11H2,1H3,(H,17,19). The molecule has 0 saturated carbocycles. The van der Waals surface area contributed by atoms with Gasteiger partial charge in [-0.05, 0) is 37.7 Å². The predicted octanol–water partition coefficient (Wildman–Crippen LogP) is 2.46. The maximum atomic E-state index is 11.9. The van der Waals surface area contributed by atoms with Crippen LogP contribution in [0.5, 0.6) is 0 Å². The Bertz CT molecular complexity index is 515. The fraction of sp³-hybridized carbons (Fsp3) is 0.562. The first-order chi connectivity index (χ1) is 10.5. The molecule has 1 aliphatic heterocycles. The number of carbonyl (C=O) groups excluding carboxylic acids is 1. The average Bonchev–Trinajstić information content (AvgIpc) is 2.48. The first-order valence-corrected chi connectivity index (χ1v) is 7.66. The molecule has 22 heavy (non-hydrogen) atoms. The highest BCUT2D eigenvalue weighted by atomic mass is 16.6. The molecule has 2 rings (SSSR count). The van der Waals surface area contributed by atoms with E-state index in [9.17, 15) is 14.9 Å². The molecule has 0 aromatic heterocycles. The first-order valence-electron chi connectivity index (χ1n) is 7.66. The number of nitro benzene ring substituents is 1. The van der Waals surface area contributed by atoms with Gasteiger partial charge in [-0.1, -0.05) is 12.1 Å². The highest BCUT2D eigenvalue weighted by Crippen LogP contribution is 2.22. The topological polar surface area (TPSA) is 81.5 Å². The Morgan fingerprint density at radius 1 is 1.41 bits per heavy atom. The van der Waals surface area contributed by atoms with Gasteiger partial charge in [0.25, 0.3) is 5.69 Å². The van der Waals surface area contributed by atoms with Crippen molar-refractivity contribution in [2.45, 2.75) is 38.7 Å². The van der Waals surface area contributed by atoms with Crippen LogP contribution in [0.4, 0.5) is 5.69 Å². The molecule has 1 amide bonds. The Hall–Kier alpha value is -1.95. The lowest BCUT2D eigenvalue weighted by atomic mass is 9.93. The molecular weight excluding hydrogens is 284 g/mol. The third-order valence-corrected chi connectivity index (χ3v) is 3.98. The lowest BCUT2D eigenvalue weighted by molar-refractivity contribution is -0.384. The Labute approximate surface area is 130 Å². The maximum absolute atomic E-state index is 11.9. The van der Waals surface area contributed by atoms with Crippen molar-refractivity contribution in [1.82, 2.24) is 5.32 Å². The van der Waals surface area contributed by atoms with Gasteiger partial charge >= 0.3 is 0 Å². The SMILES string of the molecule is CC1CC(CCNC(=O)Cc2ccc([N+](=O)[O-])cc2)CCO1. The second-order valence-corrected chi connectivity index (χ2v) is 5.81. The highest BCUT2D eigenvalue weighted by molar-refractivity contribution is 5.78. The molecule has 1 saturated heterocycles. The summed E-state index contributed by atoms with van der Waals surface area (Å²) in [4.78, 5) is 22.0. The number of rotatable bonds is 6. The van der Waals surface area contributed by atoms with Gasteiger partial charge in [-0.2, -0.15) is 0 Å². The van der Waals surface area contributed by atoms with Gasteiger partial charge in [-0.15, -0.1) is 0 Å². The zero-order chi connectivity index (χ0) is 15.9. The molecule has 6 nitrogen and oxygen atoms in total. The molecule has 0 bridgehead atoms. The number of nitrogens with zero attached hydrogens (tertiary/aromatic N) is 1. The molecule has 2 atom stereocenters. The van der Waals surface area contributed by atoms with Crippen LogP contribution < -0.4 is 5.32 Å². The largest absolute Gasteiger partial charge is 0.378 e. The van der Waals surface area contributed by atoms with Gasteiger partial charge in [0, 0.05) is 25.3 Å². The summed E-state index contributed by atoms with van der Waals surface area (Å²) in [6.45, 7) is 3.56. The summed E-state index contributed by atoms with van der Waals surface area (Å²) >= 11 is 0. The fourth-order valence-corrected chi connectivity index (χ4v) is 2.75. The molecule has 1 aromatic rings. The van der Waals surface area contributed by atoms with E-state index in [2.05, 4.69) is 12.2 Å². The molecule has 0 spiro atoms. The van der Waals surface area contributed by atoms with Crippen molar-refractivity contribution in [3.05, 3.63) is 39.9 Å². The van der Waals surface area contributed by atoms with E-state index in [1.165, 1.54) is 12.1 Å². The second-order valence-electron chi connectivity index (χ2n) is 5.81. The van der Waals surface area contributed by atoms with E-state index in [4.69, 9.17) is 4.74 Å². The van der Waals surface area contributed by atoms with Crippen molar-refractivity contribution in [2.75, 3.05) is 13.2 Å². The van der Waals surface area contributed by atoms with Gasteiger partial charge in [-0.25, -0.2) is 0 Å². The number of benzene rings is 1. The molecular formula is C16H22N2O4. The molecule has 1 aromatic carbocycles. The van der Waals surface area contributed by atoms with Crippen LogP contribution in [0.1, 0.15) is 31.7 Å². The van der Waals surface area contributed by atoms with Crippen LogP contribution >= 0.6 is 0 Å². The molecule has 0 radical (unpaired) electrons. The predicted molar refractivity (Wildman–Crippen MR) is 82.6 cm³/mol. The molecule has 2 unspecified atom stereocenters. The van der Waals surface area contributed by atoms with Crippen LogP contribution in [0, 0.1) is 16.0 Å². The van der Waals surface area contributed by atoms with Crippen molar-refractivity contribution in [1.29, 1.82) is 0 Å². The lowest BCUT2D eigenvalue weighted by Crippen LogP contribution is -2.30. The number of non-ortho nitro benzene ring substituents is 1. The summed E-state index contributed by atoms with van der Waals surface area (Å²) in [5, 5.41) is 13.5. The van der Waals surface area contributed by atoms with Crippen LogP contribution in [-0.4, -0.2) is 30.1 Å². The number of ether oxygens (including phenoxy) is 1. The molecule has 0 aliphatic carbocycles. The number of amides is 1. The van der Waals surface area contributed by atoms with Crippen molar-refractivity contribution < 1.29 is 14.5 Å². The Kier molecular flexibility index (Phi) is 5.89. The molecule has 1 N–H and O–H groups in total. The first kappa shape index (κ1) is 16.4. The van der Waals surface area contributed by atoms with Gasteiger partial charge in [0.2, 0.25) is 5.91 Å². The second kappa shape index (κ2) is 7.89.